The van der Waals surface area contributed by atoms with Crippen LogP contribution in [-0.4, -0.2) is 12.6 Å². The third kappa shape index (κ3) is 4.47. The van der Waals surface area contributed by atoms with Crippen molar-refractivity contribution in [2.75, 3.05) is 6.61 Å². The van der Waals surface area contributed by atoms with E-state index >= 15 is 0 Å². The van der Waals surface area contributed by atoms with Crippen molar-refractivity contribution in [1.82, 2.24) is 0 Å². The molecule has 0 aliphatic rings. The molecule has 2 nitrogen and oxygen atoms in total. The molecule has 0 saturated heterocycles. The molecule has 0 bridgehead atoms. The minimum Gasteiger partial charge on any atom is -0.492 e. The Labute approximate surface area is 130 Å². The zero-order chi connectivity index (χ0) is 14.5. The Bertz CT molecular complexity index is 594. The first-order valence-corrected chi connectivity index (χ1v) is 7.29. The number of ether oxygens (including phenoxy) is 1. The highest BCUT2D eigenvalue weighted by atomic mass is 79.9. The molecule has 2 rings (SSSR count). The van der Waals surface area contributed by atoms with Gasteiger partial charge < -0.3 is 10.5 Å². The van der Waals surface area contributed by atoms with Crippen LogP contribution in [0.1, 0.15) is 5.56 Å². The molecule has 0 amide bonds. The molecule has 0 fully saturated rings. The van der Waals surface area contributed by atoms with Gasteiger partial charge in [0.25, 0.3) is 0 Å². The zero-order valence-corrected chi connectivity index (χ0v) is 13.0. The first kappa shape index (κ1) is 15.3. The lowest BCUT2D eigenvalue weighted by molar-refractivity contribution is 0.287. The number of hydrogen-bond donors (Lipinski definition) is 1. The summed E-state index contributed by atoms with van der Waals surface area (Å²) in [5, 5.41) is 0.615. The van der Waals surface area contributed by atoms with E-state index in [9.17, 15) is 4.39 Å². The van der Waals surface area contributed by atoms with Crippen molar-refractivity contribution in [1.29, 1.82) is 0 Å². The van der Waals surface area contributed by atoms with Crippen LogP contribution < -0.4 is 10.5 Å². The Morgan fingerprint density at radius 1 is 1.25 bits per heavy atom. The second-order valence-electron chi connectivity index (χ2n) is 4.47. The zero-order valence-electron chi connectivity index (χ0n) is 10.7. The molecule has 2 aromatic carbocycles. The molecule has 0 aliphatic carbocycles. The largest absolute Gasteiger partial charge is 0.492 e. The van der Waals surface area contributed by atoms with Crippen LogP contribution in [0, 0.1) is 5.82 Å². The van der Waals surface area contributed by atoms with Crippen LogP contribution in [0.15, 0.2) is 46.9 Å². The summed E-state index contributed by atoms with van der Waals surface area (Å²) in [6.45, 7) is 0.337. The molecule has 1 atom stereocenters. The minimum absolute atomic E-state index is 0.230. The topological polar surface area (TPSA) is 35.2 Å². The SMILES string of the molecule is NC(COc1cccc(Cl)c1)Cc1cc(F)ccc1Br. The molecule has 1 unspecified atom stereocenters. The fraction of sp³-hybridized carbons (Fsp3) is 0.200. The van der Waals surface area contributed by atoms with E-state index in [4.69, 9.17) is 22.1 Å². The maximum atomic E-state index is 13.2. The Morgan fingerprint density at radius 2 is 2.05 bits per heavy atom. The van der Waals surface area contributed by atoms with Gasteiger partial charge in [0, 0.05) is 15.5 Å². The molecule has 0 radical (unpaired) electrons. The van der Waals surface area contributed by atoms with Crippen molar-refractivity contribution < 1.29 is 9.13 Å². The first-order chi connectivity index (χ1) is 9.54. The second-order valence-corrected chi connectivity index (χ2v) is 5.76. The van der Waals surface area contributed by atoms with Gasteiger partial charge in [-0.3, -0.25) is 0 Å². The molecular formula is C15H14BrClFNO. The monoisotopic (exact) mass is 357 g/mol. The second kappa shape index (κ2) is 7.07. The van der Waals surface area contributed by atoms with E-state index in [2.05, 4.69) is 15.9 Å². The van der Waals surface area contributed by atoms with Crippen molar-refractivity contribution in [3.05, 3.63) is 63.3 Å². The molecule has 106 valence electrons. The van der Waals surface area contributed by atoms with Gasteiger partial charge >= 0.3 is 0 Å². The lowest BCUT2D eigenvalue weighted by Gasteiger charge is -2.14. The van der Waals surface area contributed by atoms with E-state index in [1.54, 1.807) is 18.2 Å². The van der Waals surface area contributed by atoms with E-state index in [0.29, 0.717) is 23.8 Å². The van der Waals surface area contributed by atoms with E-state index in [0.717, 1.165) is 10.0 Å². The van der Waals surface area contributed by atoms with E-state index in [1.165, 1.54) is 12.1 Å². The van der Waals surface area contributed by atoms with Crippen molar-refractivity contribution >= 4 is 27.5 Å². The first-order valence-electron chi connectivity index (χ1n) is 6.12. The normalized spacial score (nSPS) is 12.2. The van der Waals surface area contributed by atoms with Gasteiger partial charge in [-0.2, -0.15) is 0 Å². The van der Waals surface area contributed by atoms with Crippen molar-refractivity contribution in [3.8, 4) is 5.75 Å². The number of halogens is 3. The summed E-state index contributed by atoms with van der Waals surface area (Å²) in [7, 11) is 0. The van der Waals surface area contributed by atoms with Crippen molar-refractivity contribution in [2.24, 2.45) is 5.73 Å². The van der Waals surface area contributed by atoms with Crippen LogP contribution in [0.3, 0.4) is 0 Å². The summed E-state index contributed by atoms with van der Waals surface area (Å²) in [5.74, 6) is 0.400. The quantitative estimate of drug-likeness (QED) is 0.870. The van der Waals surface area contributed by atoms with Crippen LogP contribution >= 0.6 is 27.5 Å². The van der Waals surface area contributed by atoms with E-state index < -0.39 is 0 Å². The molecule has 0 aromatic heterocycles. The van der Waals surface area contributed by atoms with Gasteiger partial charge in [0.05, 0.1) is 0 Å². The maximum absolute atomic E-state index is 13.2. The van der Waals surface area contributed by atoms with Crippen LogP contribution in [0.5, 0.6) is 5.75 Å². The van der Waals surface area contributed by atoms with Gasteiger partial charge in [-0.05, 0) is 48.4 Å². The van der Waals surface area contributed by atoms with Gasteiger partial charge in [0.1, 0.15) is 18.2 Å². The summed E-state index contributed by atoms with van der Waals surface area (Å²) in [6, 6.07) is 11.5. The van der Waals surface area contributed by atoms with Crippen LogP contribution in [-0.2, 0) is 6.42 Å². The maximum Gasteiger partial charge on any atom is 0.123 e. The molecule has 0 spiro atoms. The molecule has 2 aromatic rings. The number of nitrogens with two attached hydrogens (primary N) is 1. The average Bonchev–Trinajstić information content (AvgIpc) is 2.41. The summed E-state index contributed by atoms with van der Waals surface area (Å²) in [5.41, 5.74) is 6.84. The summed E-state index contributed by atoms with van der Waals surface area (Å²) in [6.07, 6.45) is 0.527. The van der Waals surface area contributed by atoms with E-state index in [-0.39, 0.29) is 11.9 Å². The highest BCUT2D eigenvalue weighted by molar-refractivity contribution is 9.10. The molecule has 20 heavy (non-hydrogen) atoms. The molecule has 2 N–H and O–H groups in total. The van der Waals surface area contributed by atoms with Crippen LogP contribution in [0.2, 0.25) is 5.02 Å². The molecule has 0 saturated carbocycles. The smallest absolute Gasteiger partial charge is 0.123 e. The van der Waals surface area contributed by atoms with Gasteiger partial charge in [0.2, 0.25) is 0 Å². The highest BCUT2D eigenvalue weighted by Gasteiger charge is 2.09. The third-order valence-electron chi connectivity index (χ3n) is 2.75. The van der Waals surface area contributed by atoms with Crippen molar-refractivity contribution in [3.63, 3.8) is 0 Å². The summed E-state index contributed by atoms with van der Waals surface area (Å²) < 4.78 is 19.6. The molecular weight excluding hydrogens is 345 g/mol. The summed E-state index contributed by atoms with van der Waals surface area (Å²) in [4.78, 5) is 0. The molecule has 0 heterocycles. The fourth-order valence-corrected chi connectivity index (χ4v) is 2.39. The standard InChI is InChI=1S/C15H14BrClFNO/c16-15-5-4-12(18)6-10(15)7-13(19)9-20-14-3-1-2-11(17)8-14/h1-6,8,13H,7,9,19H2. The van der Waals surface area contributed by atoms with Gasteiger partial charge in [-0.1, -0.05) is 33.6 Å². The predicted octanol–water partition coefficient (Wildman–Crippen LogP) is 4.19. The highest BCUT2D eigenvalue weighted by Crippen LogP contribution is 2.20. The molecule has 0 aliphatic heterocycles. The number of rotatable bonds is 5. The Kier molecular flexibility index (Phi) is 5.40. The Balaban J connectivity index is 1.92. The number of benzene rings is 2. The Morgan fingerprint density at radius 3 is 2.80 bits per heavy atom. The minimum atomic E-state index is -0.272. The summed E-state index contributed by atoms with van der Waals surface area (Å²) >= 11 is 9.25. The van der Waals surface area contributed by atoms with Gasteiger partial charge in [0.15, 0.2) is 0 Å². The average molecular weight is 359 g/mol. The lowest BCUT2D eigenvalue weighted by Crippen LogP contribution is -2.30. The van der Waals surface area contributed by atoms with Crippen molar-refractivity contribution in [2.45, 2.75) is 12.5 Å². The fourth-order valence-electron chi connectivity index (χ4n) is 1.80. The Hall–Kier alpha value is -1.10. The van der Waals surface area contributed by atoms with Crippen LogP contribution in [0.4, 0.5) is 4.39 Å². The predicted molar refractivity (Wildman–Crippen MR) is 82.7 cm³/mol. The lowest BCUT2D eigenvalue weighted by atomic mass is 10.1. The van der Waals surface area contributed by atoms with Gasteiger partial charge in [-0.25, -0.2) is 4.39 Å². The van der Waals surface area contributed by atoms with Gasteiger partial charge in [-0.15, -0.1) is 0 Å². The van der Waals surface area contributed by atoms with Crippen LogP contribution in [0.25, 0.3) is 0 Å². The molecule has 5 heteroatoms. The number of hydrogen-bond acceptors (Lipinski definition) is 2. The van der Waals surface area contributed by atoms with E-state index in [1.807, 2.05) is 12.1 Å². The third-order valence-corrected chi connectivity index (χ3v) is 3.76.